The first-order chi connectivity index (χ1) is 20.0. The van der Waals surface area contributed by atoms with Crippen LogP contribution >= 0.6 is 11.6 Å². The Balaban J connectivity index is 0.000000303. The molecule has 3 aromatic heterocycles. The van der Waals surface area contributed by atoms with Gasteiger partial charge in [0.15, 0.2) is 11.5 Å². The Morgan fingerprint density at radius 2 is 1.72 bits per heavy atom. The summed E-state index contributed by atoms with van der Waals surface area (Å²) in [5, 5.41) is 29.4. The zero-order valence-electron chi connectivity index (χ0n) is 21.8. The minimum atomic E-state index is -5.08. The number of carbonyl (C=O) groups is 2. The van der Waals surface area contributed by atoms with Crippen LogP contribution in [-0.2, 0) is 9.59 Å². The van der Waals surface area contributed by atoms with Crippen LogP contribution in [0.15, 0.2) is 37.1 Å². The Hall–Kier alpha value is -4.45. The average Bonchev–Trinajstić information content (AvgIpc) is 3.58. The SMILES string of the molecule is CC(Nc1ncnc2nc[nH]c12)c1cc(Cl)c2cccnc2c1N1CC[C@@H](O)C1.O=C(O)C(F)(F)F.O=C(O)C(F)(F)F. The third kappa shape index (κ3) is 8.31. The van der Waals surface area contributed by atoms with Crippen molar-refractivity contribution in [1.82, 2.24) is 24.9 Å². The van der Waals surface area contributed by atoms with Gasteiger partial charge >= 0.3 is 24.3 Å². The summed E-state index contributed by atoms with van der Waals surface area (Å²) in [7, 11) is 0. The number of carboxylic acids is 2. The molecule has 1 aliphatic heterocycles. The highest BCUT2D eigenvalue weighted by Gasteiger charge is 2.39. The molecule has 0 saturated carbocycles. The summed E-state index contributed by atoms with van der Waals surface area (Å²) >= 11 is 6.62. The van der Waals surface area contributed by atoms with Gasteiger partial charge in [-0.1, -0.05) is 11.6 Å². The molecule has 4 aromatic rings. The van der Waals surface area contributed by atoms with Crippen molar-refractivity contribution in [3.05, 3.63) is 47.6 Å². The monoisotopic (exact) mass is 637 g/mol. The van der Waals surface area contributed by atoms with Gasteiger partial charge in [-0.2, -0.15) is 26.3 Å². The molecule has 2 atom stereocenters. The van der Waals surface area contributed by atoms with E-state index in [0.717, 1.165) is 40.6 Å². The van der Waals surface area contributed by atoms with Crippen LogP contribution in [-0.4, -0.2) is 83.7 Å². The number of carboxylic acid groups (broad SMARTS) is 2. The highest BCUT2D eigenvalue weighted by atomic mass is 35.5. The van der Waals surface area contributed by atoms with Crippen LogP contribution in [0.4, 0.5) is 37.8 Å². The Morgan fingerprint density at radius 3 is 2.28 bits per heavy atom. The number of rotatable bonds is 4. The normalized spacial score (nSPS) is 15.7. The van der Waals surface area contributed by atoms with Crippen molar-refractivity contribution in [2.24, 2.45) is 0 Å². The van der Waals surface area contributed by atoms with Gasteiger partial charge in [-0.3, -0.25) is 4.98 Å². The first kappa shape index (κ1) is 33.1. The molecule has 19 heteroatoms. The quantitative estimate of drug-likeness (QED) is 0.198. The van der Waals surface area contributed by atoms with Crippen molar-refractivity contribution >= 4 is 57.1 Å². The molecule has 1 aromatic carbocycles. The van der Waals surface area contributed by atoms with Crippen LogP contribution in [0.2, 0.25) is 5.02 Å². The van der Waals surface area contributed by atoms with Crippen LogP contribution in [0.1, 0.15) is 24.9 Å². The number of pyridine rings is 1. The molecule has 0 amide bonds. The number of aliphatic carboxylic acids is 2. The largest absolute Gasteiger partial charge is 0.490 e. The van der Waals surface area contributed by atoms with E-state index in [1.54, 1.807) is 12.5 Å². The first-order valence-corrected chi connectivity index (χ1v) is 12.4. The van der Waals surface area contributed by atoms with Gasteiger partial charge in [-0.15, -0.1) is 0 Å². The standard InChI is InChI=1S/C20H20ClN7O.2C2HF3O2/c1-11(27-20-17-19(24-9-23-17)25-10-26-20)14-7-15(21)13-3-2-5-22-16(13)18(14)28-6-4-12(29)8-28;2*3-2(4,5)1(6)7/h2-3,5,7,9-12,29H,4,6,8H2,1H3,(H2,23,24,25,26,27);2*(H,6,7)/t11?,12-;;/m1../s1. The van der Waals surface area contributed by atoms with Crippen LogP contribution in [0.25, 0.3) is 22.1 Å². The Labute approximate surface area is 242 Å². The number of H-pyrrole nitrogens is 1. The summed E-state index contributed by atoms with van der Waals surface area (Å²) in [6.07, 6.45) is -4.91. The zero-order valence-corrected chi connectivity index (χ0v) is 22.5. The lowest BCUT2D eigenvalue weighted by atomic mass is 10.0. The molecule has 1 fully saturated rings. The van der Waals surface area contributed by atoms with Gasteiger partial charge in [0.2, 0.25) is 0 Å². The van der Waals surface area contributed by atoms with Crippen molar-refractivity contribution in [1.29, 1.82) is 0 Å². The number of β-amino-alcohol motifs (C(OH)–C–C–N with tert-alkyl or cyclic N) is 1. The molecule has 12 nitrogen and oxygen atoms in total. The predicted molar refractivity (Wildman–Crippen MR) is 141 cm³/mol. The highest BCUT2D eigenvalue weighted by molar-refractivity contribution is 6.36. The van der Waals surface area contributed by atoms with Gasteiger partial charge in [0.1, 0.15) is 11.8 Å². The molecule has 5 rings (SSSR count). The van der Waals surface area contributed by atoms with Gasteiger partial charge in [0, 0.05) is 30.2 Å². The fourth-order valence-corrected chi connectivity index (χ4v) is 4.24. The van der Waals surface area contributed by atoms with E-state index in [2.05, 4.69) is 42.1 Å². The van der Waals surface area contributed by atoms with Gasteiger partial charge < -0.3 is 30.5 Å². The molecule has 0 spiro atoms. The molecule has 0 aliphatic carbocycles. The maximum absolute atomic E-state index is 10.6. The number of aromatic amines is 1. The van der Waals surface area contributed by atoms with E-state index >= 15 is 0 Å². The zero-order chi connectivity index (χ0) is 32.1. The summed E-state index contributed by atoms with van der Waals surface area (Å²) in [4.78, 5) is 40.4. The number of imidazole rings is 1. The molecular formula is C24H22ClF6N7O5. The smallest absolute Gasteiger partial charge is 0.475 e. The first-order valence-electron chi connectivity index (χ1n) is 12.0. The van der Waals surface area contributed by atoms with Crippen molar-refractivity contribution in [2.75, 3.05) is 23.3 Å². The number of hydrogen-bond donors (Lipinski definition) is 5. The van der Waals surface area contributed by atoms with Crippen molar-refractivity contribution in [3.8, 4) is 0 Å². The van der Waals surface area contributed by atoms with Gasteiger partial charge in [-0.05, 0) is 31.5 Å². The summed E-state index contributed by atoms with van der Waals surface area (Å²) < 4.78 is 63.5. The molecule has 1 unspecified atom stereocenters. The lowest BCUT2D eigenvalue weighted by molar-refractivity contribution is -0.193. The fraction of sp³-hybridized carbons (Fsp3) is 0.333. The number of benzene rings is 1. The highest BCUT2D eigenvalue weighted by Crippen LogP contribution is 2.40. The lowest BCUT2D eigenvalue weighted by Crippen LogP contribution is -2.24. The van der Waals surface area contributed by atoms with Crippen molar-refractivity contribution in [2.45, 2.75) is 37.8 Å². The van der Waals surface area contributed by atoms with Gasteiger partial charge in [-0.25, -0.2) is 24.5 Å². The number of nitrogens with zero attached hydrogens (tertiary/aromatic N) is 5. The lowest BCUT2D eigenvalue weighted by Gasteiger charge is -2.27. The number of nitrogens with one attached hydrogen (secondary N) is 2. The molecule has 232 valence electrons. The Morgan fingerprint density at radius 1 is 1.09 bits per heavy atom. The maximum Gasteiger partial charge on any atom is 0.490 e. The van der Waals surface area contributed by atoms with E-state index in [1.165, 1.54) is 6.33 Å². The number of fused-ring (bicyclic) bond motifs is 2. The third-order valence-corrected chi connectivity index (χ3v) is 6.17. The summed E-state index contributed by atoms with van der Waals surface area (Å²) in [6.45, 7) is 3.40. The number of anilines is 2. The molecule has 1 aliphatic rings. The number of hydrogen-bond acceptors (Lipinski definition) is 9. The average molecular weight is 638 g/mol. The number of halogens is 7. The Kier molecular flexibility index (Phi) is 10.2. The summed E-state index contributed by atoms with van der Waals surface area (Å²) in [6, 6.07) is 5.72. The van der Waals surface area contributed by atoms with E-state index in [1.807, 2.05) is 18.2 Å². The number of aliphatic hydroxyl groups excluding tert-OH is 1. The van der Waals surface area contributed by atoms with Crippen LogP contribution < -0.4 is 10.2 Å². The third-order valence-electron chi connectivity index (χ3n) is 5.85. The fourth-order valence-electron chi connectivity index (χ4n) is 3.97. The minimum Gasteiger partial charge on any atom is -0.475 e. The Bertz CT molecular complexity index is 1580. The molecule has 0 bridgehead atoms. The van der Waals surface area contributed by atoms with Gasteiger partial charge in [0.05, 0.1) is 34.7 Å². The second-order valence-electron chi connectivity index (χ2n) is 8.88. The number of aromatic nitrogens is 5. The van der Waals surface area contributed by atoms with E-state index in [4.69, 9.17) is 31.4 Å². The molecule has 43 heavy (non-hydrogen) atoms. The predicted octanol–water partition coefficient (Wildman–Crippen LogP) is 4.57. The second-order valence-corrected chi connectivity index (χ2v) is 9.29. The molecular weight excluding hydrogens is 616 g/mol. The van der Waals surface area contributed by atoms with E-state index in [0.29, 0.717) is 23.0 Å². The van der Waals surface area contributed by atoms with Crippen molar-refractivity contribution < 1.29 is 51.3 Å². The molecule has 5 N–H and O–H groups in total. The van der Waals surface area contributed by atoms with E-state index < -0.39 is 24.3 Å². The summed E-state index contributed by atoms with van der Waals surface area (Å²) in [5.41, 5.74) is 4.20. The van der Waals surface area contributed by atoms with Gasteiger partial charge in [0.25, 0.3) is 0 Å². The minimum absolute atomic E-state index is 0.118. The maximum atomic E-state index is 10.6. The van der Waals surface area contributed by atoms with Crippen LogP contribution in [0, 0.1) is 0 Å². The molecule has 0 radical (unpaired) electrons. The molecule has 1 saturated heterocycles. The number of aliphatic hydroxyl groups is 1. The van der Waals surface area contributed by atoms with E-state index in [9.17, 15) is 31.4 Å². The number of alkyl halides is 6. The molecule has 4 heterocycles. The second kappa shape index (κ2) is 13.2. The topological polar surface area (TPSA) is 177 Å². The summed E-state index contributed by atoms with van der Waals surface area (Å²) in [5.74, 6) is -4.84. The van der Waals surface area contributed by atoms with Crippen molar-refractivity contribution in [3.63, 3.8) is 0 Å². The van der Waals surface area contributed by atoms with Crippen LogP contribution in [0.3, 0.4) is 0 Å². The van der Waals surface area contributed by atoms with E-state index in [-0.39, 0.29) is 12.1 Å². The van der Waals surface area contributed by atoms with Crippen LogP contribution in [0.5, 0.6) is 0 Å².